The summed E-state index contributed by atoms with van der Waals surface area (Å²) >= 11 is 3.66. The maximum atomic E-state index is 3.66. The van der Waals surface area contributed by atoms with E-state index in [-0.39, 0.29) is 0 Å². The Morgan fingerprint density at radius 1 is 0.889 bits per heavy atom. The molecule has 0 saturated heterocycles. The van der Waals surface area contributed by atoms with Gasteiger partial charge in [-0.1, -0.05) is 57.5 Å². The maximum Gasteiger partial charge on any atom is 0.00340 e. The highest BCUT2D eigenvalue weighted by Gasteiger charge is 2.58. The van der Waals surface area contributed by atoms with Crippen molar-refractivity contribution in [3.8, 4) is 0 Å². The predicted molar refractivity (Wildman–Crippen MR) is 84.0 cm³/mol. The highest BCUT2D eigenvalue weighted by Crippen LogP contribution is 2.65. The van der Waals surface area contributed by atoms with E-state index in [2.05, 4.69) is 57.5 Å². The molecule has 2 fully saturated rings. The molecule has 0 aromatic rings. The van der Waals surface area contributed by atoms with E-state index in [0.717, 1.165) is 29.6 Å². The zero-order valence-corrected chi connectivity index (χ0v) is 14.7. The largest absolute Gasteiger partial charge is 0.0928 e. The average molecular weight is 315 g/mol. The summed E-state index contributed by atoms with van der Waals surface area (Å²) in [6, 6.07) is 0. The minimum Gasteiger partial charge on any atom is -0.0928 e. The third-order valence-electron chi connectivity index (χ3n) is 5.62. The molecule has 0 aromatic heterocycles. The first kappa shape index (κ1) is 14.9. The van der Waals surface area contributed by atoms with Gasteiger partial charge in [-0.25, -0.2) is 0 Å². The van der Waals surface area contributed by atoms with Crippen molar-refractivity contribution in [2.45, 2.75) is 60.8 Å². The van der Waals surface area contributed by atoms with Crippen LogP contribution in [0.5, 0.6) is 0 Å². The van der Waals surface area contributed by atoms with E-state index in [0.29, 0.717) is 10.8 Å². The minimum absolute atomic E-state index is 0.475. The van der Waals surface area contributed by atoms with Crippen molar-refractivity contribution in [3.05, 3.63) is 0 Å². The SMILES string of the molecule is CC(C)(C)C1C2CC(CCBr)C(C2)C1C(C)(C)C. The summed E-state index contributed by atoms with van der Waals surface area (Å²) in [4.78, 5) is 0. The lowest BCUT2D eigenvalue weighted by atomic mass is 9.57. The average Bonchev–Trinajstić information content (AvgIpc) is 2.71. The Bertz CT molecular complexity index is 294. The Balaban J connectivity index is 2.26. The molecule has 2 bridgehead atoms. The van der Waals surface area contributed by atoms with Crippen LogP contribution in [0, 0.1) is 40.4 Å². The zero-order chi connectivity index (χ0) is 13.7. The highest BCUT2D eigenvalue weighted by atomic mass is 79.9. The van der Waals surface area contributed by atoms with Crippen LogP contribution < -0.4 is 0 Å². The van der Waals surface area contributed by atoms with Crippen LogP contribution in [0.25, 0.3) is 0 Å². The Kier molecular flexibility index (Phi) is 3.96. The van der Waals surface area contributed by atoms with Crippen molar-refractivity contribution in [2.75, 3.05) is 5.33 Å². The van der Waals surface area contributed by atoms with Crippen molar-refractivity contribution >= 4 is 15.9 Å². The molecule has 0 amide bonds. The number of hydrogen-bond donors (Lipinski definition) is 0. The van der Waals surface area contributed by atoms with Crippen LogP contribution in [0.1, 0.15) is 60.8 Å². The molecule has 0 aliphatic heterocycles. The van der Waals surface area contributed by atoms with Crippen molar-refractivity contribution in [2.24, 2.45) is 40.4 Å². The molecular weight excluding hydrogens is 284 g/mol. The van der Waals surface area contributed by atoms with Gasteiger partial charge in [-0.3, -0.25) is 0 Å². The van der Waals surface area contributed by atoms with Gasteiger partial charge in [0.1, 0.15) is 0 Å². The summed E-state index contributed by atoms with van der Waals surface area (Å²) in [5.74, 6) is 4.87. The lowest BCUT2D eigenvalue weighted by molar-refractivity contribution is 0.000883. The fourth-order valence-electron chi connectivity index (χ4n) is 5.39. The van der Waals surface area contributed by atoms with Crippen LogP contribution in [-0.4, -0.2) is 5.33 Å². The van der Waals surface area contributed by atoms with E-state index < -0.39 is 0 Å². The minimum atomic E-state index is 0.475. The molecule has 2 aliphatic rings. The molecule has 18 heavy (non-hydrogen) atoms. The summed E-state index contributed by atoms with van der Waals surface area (Å²) < 4.78 is 0. The maximum absolute atomic E-state index is 3.66. The van der Waals surface area contributed by atoms with Crippen LogP contribution in [-0.2, 0) is 0 Å². The molecule has 2 rings (SSSR count). The van der Waals surface area contributed by atoms with Crippen molar-refractivity contribution in [3.63, 3.8) is 0 Å². The molecule has 0 nitrogen and oxygen atoms in total. The summed E-state index contributed by atoms with van der Waals surface area (Å²) in [6.45, 7) is 14.8. The van der Waals surface area contributed by atoms with E-state index in [1.807, 2.05) is 0 Å². The topological polar surface area (TPSA) is 0 Å². The van der Waals surface area contributed by atoms with Crippen LogP contribution >= 0.6 is 15.9 Å². The second-order valence-electron chi connectivity index (χ2n) is 8.92. The molecule has 0 N–H and O–H groups in total. The van der Waals surface area contributed by atoms with Gasteiger partial charge in [0.2, 0.25) is 0 Å². The number of hydrogen-bond acceptors (Lipinski definition) is 0. The Morgan fingerprint density at radius 3 is 1.89 bits per heavy atom. The molecule has 2 aliphatic carbocycles. The molecule has 2 saturated carbocycles. The standard InChI is InChI=1S/C17H31Br/c1-16(2,3)14-12-9-11(7-8-18)13(10-12)15(14)17(4,5)6/h11-15H,7-10H2,1-6H3. The summed E-state index contributed by atoms with van der Waals surface area (Å²) in [6.07, 6.45) is 4.41. The number of fused-ring (bicyclic) bond motifs is 2. The fraction of sp³-hybridized carbons (Fsp3) is 1.00. The number of rotatable bonds is 2. The van der Waals surface area contributed by atoms with Crippen LogP contribution in [0.4, 0.5) is 0 Å². The summed E-state index contributed by atoms with van der Waals surface area (Å²) in [5, 5.41) is 1.19. The second-order valence-corrected chi connectivity index (χ2v) is 9.71. The Labute approximate surface area is 122 Å². The van der Waals surface area contributed by atoms with E-state index >= 15 is 0 Å². The first-order chi connectivity index (χ1) is 8.16. The summed E-state index contributed by atoms with van der Waals surface area (Å²) in [7, 11) is 0. The predicted octanol–water partition coefficient (Wildman–Crippen LogP) is 5.75. The molecule has 5 unspecified atom stereocenters. The Hall–Kier alpha value is 0.480. The van der Waals surface area contributed by atoms with Gasteiger partial charge in [0, 0.05) is 5.33 Å². The van der Waals surface area contributed by atoms with Crippen molar-refractivity contribution < 1.29 is 0 Å². The molecular formula is C17H31Br. The zero-order valence-electron chi connectivity index (χ0n) is 13.1. The fourth-order valence-corrected chi connectivity index (χ4v) is 5.98. The smallest absolute Gasteiger partial charge is 0.00340 e. The van der Waals surface area contributed by atoms with Gasteiger partial charge in [0.25, 0.3) is 0 Å². The van der Waals surface area contributed by atoms with Gasteiger partial charge >= 0.3 is 0 Å². The highest BCUT2D eigenvalue weighted by molar-refractivity contribution is 9.09. The van der Waals surface area contributed by atoms with Gasteiger partial charge in [-0.15, -0.1) is 0 Å². The molecule has 106 valence electrons. The molecule has 0 heterocycles. The van der Waals surface area contributed by atoms with Gasteiger partial charge in [-0.05, 0) is 59.7 Å². The van der Waals surface area contributed by atoms with Crippen molar-refractivity contribution in [1.29, 1.82) is 0 Å². The molecule has 1 heteroatoms. The Morgan fingerprint density at radius 2 is 1.44 bits per heavy atom. The molecule has 0 aromatic carbocycles. The van der Waals surface area contributed by atoms with Crippen LogP contribution in [0.3, 0.4) is 0 Å². The van der Waals surface area contributed by atoms with E-state index in [9.17, 15) is 0 Å². The van der Waals surface area contributed by atoms with E-state index in [1.165, 1.54) is 24.6 Å². The van der Waals surface area contributed by atoms with Gasteiger partial charge < -0.3 is 0 Å². The normalized spacial score (nSPS) is 40.5. The van der Waals surface area contributed by atoms with Gasteiger partial charge in [0.05, 0.1) is 0 Å². The molecule has 0 spiro atoms. The van der Waals surface area contributed by atoms with Crippen molar-refractivity contribution in [1.82, 2.24) is 0 Å². The van der Waals surface area contributed by atoms with Crippen LogP contribution in [0.2, 0.25) is 0 Å². The quantitative estimate of drug-likeness (QED) is 0.569. The summed E-state index contributed by atoms with van der Waals surface area (Å²) in [5.41, 5.74) is 0.957. The van der Waals surface area contributed by atoms with E-state index in [4.69, 9.17) is 0 Å². The first-order valence-corrected chi connectivity index (χ1v) is 8.84. The third kappa shape index (κ3) is 2.53. The lowest BCUT2D eigenvalue weighted by Crippen LogP contribution is -2.42. The van der Waals surface area contributed by atoms with Gasteiger partial charge in [0.15, 0.2) is 0 Å². The molecule has 0 radical (unpaired) electrons. The number of halogens is 1. The third-order valence-corrected chi connectivity index (χ3v) is 6.08. The van der Waals surface area contributed by atoms with E-state index in [1.54, 1.807) is 0 Å². The second kappa shape index (κ2) is 4.79. The monoisotopic (exact) mass is 314 g/mol. The first-order valence-electron chi connectivity index (χ1n) is 7.72. The molecule has 5 atom stereocenters. The lowest BCUT2D eigenvalue weighted by Gasteiger charge is -2.48. The number of alkyl halides is 1. The van der Waals surface area contributed by atoms with Gasteiger partial charge in [-0.2, -0.15) is 0 Å². The van der Waals surface area contributed by atoms with Crippen LogP contribution in [0.15, 0.2) is 0 Å².